The van der Waals surface area contributed by atoms with E-state index in [1.165, 1.54) is 0 Å². The lowest BCUT2D eigenvalue weighted by molar-refractivity contribution is -0.129. The normalized spacial score (nSPS) is 12.5. The second-order valence-corrected chi connectivity index (χ2v) is 5.01. The van der Waals surface area contributed by atoms with Crippen LogP contribution < -0.4 is 5.73 Å². The summed E-state index contributed by atoms with van der Waals surface area (Å²) in [5.41, 5.74) is 5.46. The minimum absolute atomic E-state index is 0.257. The first-order valence-electron chi connectivity index (χ1n) is 5.54. The monoisotopic (exact) mass is 232 g/mol. The van der Waals surface area contributed by atoms with Gasteiger partial charge < -0.3 is 10.6 Å². The molecule has 0 bridgehead atoms. The number of rotatable bonds is 8. The van der Waals surface area contributed by atoms with Gasteiger partial charge in [0, 0.05) is 25.8 Å². The Morgan fingerprint density at radius 3 is 2.67 bits per heavy atom. The Bertz CT molecular complexity index is 176. The van der Waals surface area contributed by atoms with Gasteiger partial charge >= 0.3 is 0 Å². The SMILES string of the molecule is CSCCN(C)C(=O)CCC(C)CCN. The van der Waals surface area contributed by atoms with Crippen LogP contribution in [0.15, 0.2) is 0 Å². The molecule has 1 amide bonds. The summed E-state index contributed by atoms with van der Waals surface area (Å²) < 4.78 is 0. The molecule has 0 aromatic rings. The van der Waals surface area contributed by atoms with Crippen LogP contribution in [0.5, 0.6) is 0 Å². The first-order chi connectivity index (χ1) is 7.11. The van der Waals surface area contributed by atoms with Gasteiger partial charge in [0.05, 0.1) is 0 Å². The van der Waals surface area contributed by atoms with Crippen molar-refractivity contribution in [2.75, 3.05) is 32.1 Å². The van der Waals surface area contributed by atoms with Gasteiger partial charge in [-0.05, 0) is 31.6 Å². The molecule has 0 saturated heterocycles. The van der Waals surface area contributed by atoms with Crippen molar-refractivity contribution in [1.82, 2.24) is 4.90 Å². The van der Waals surface area contributed by atoms with Gasteiger partial charge in [-0.25, -0.2) is 0 Å². The summed E-state index contributed by atoms with van der Waals surface area (Å²) in [6.45, 7) is 3.73. The van der Waals surface area contributed by atoms with Crippen molar-refractivity contribution in [3.8, 4) is 0 Å². The third-order valence-corrected chi connectivity index (χ3v) is 3.16. The lowest BCUT2D eigenvalue weighted by atomic mass is 10.0. The molecule has 0 heterocycles. The molecule has 0 fully saturated rings. The lowest BCUT2D eigenvalue weighted by Crippen LogP contribution is -2.29. The molecular weight excluding hydrogens is 208 g/mol. The second kappa shape index (κ2) is 9.04. The zero-order valence-corrected chi connectivity index (χ0v) is 11.0. The van der Waals surface area contributed by atoms with Gasteiger partial charge in [-0.2, -0.15) is 11.8 Å². The van der Waals surface area contributed by atoms with Crippen molar-refractivity contribution >= 4 is 17.7 Å². The molecule has 3 nitrogen and oxygen atoms in total. The average Bonchev–Trinajstić information content (AvgIpc) is 2.22. The number of nitrogens with two attached hydrogens (primary N) is 1. The molecule has 2 N–H and O–H groups in total. The largest absolute Gasteiger partial charge is 0.345 e. The molecular formula is C11H24N2OS. The standard InChI is InChI=1S/C11H24N2OS/c1-10(6-7-12)4-5-11(14)13(2)8-9-15-3/h10H,4-9,12H2,1-3H3. The third kappa shape index (κ3) is 7.68. The molecule has 15 heavy (non-hydrogen) atoms. The van der Waals surface area contributed by atoms with Gasteiger partial charge in [-0.1, -0.05) is 6.92 Å². The molecule has 0 aromatic carbocycles. The minimum Gasteiger partial charge on any atom is -0.345 e. The molecule has 90 valence electrons. The number of nitrogens with zero attached hydrogens (tertiary/aromatic N) is 1. The van der Waals surface area contributed by atoms with Crippen LogP contribution in [0, 0.1) is 5.92 Å². The Morgan fingerprint density at radius 2 is 2.13 bits per heavy atom. The van der Waals surface area contributed by atoms with Crippen LogP contribution in [-0.4, -0.2) is 43.0 Å². The summed E-state index contributed by atoms with van der Waals surface area (Å²) in [6, 6.07) is 0. The van der Waals surface area contributed by atoms with E-state index >= 15 is 0 Å². The predicted octanol–water partition coefficient (Wildman–Crippen LogP) is 1.57. The van der Waals surface area contributed by atoms with Crippen LogP contribution in [0.3, 0.4) is 0 Å². The minimum atomic E-state index is 0.257. The fourth-order valence-electron chi connectivity index (χ4n) is 1.34. The number of carbonyl (C=O) groups excluding carboxylic acids is 1. The van der Waals surface area contributed by atoms with Crippen LogP contribution in [0.25, 0.3) is 0 Å². The molecule has 0 aromatic heterocycles. The zero-order valence-electron chi connectivity index (χ0n) is 10.2. The van der Waals surface area contributed by atoms with Crippen LogP contribution in [0.1, 0.15) is 26.2 Å². The highest BCUT2D eigenvalue weighted by Crippen LogP contribution is 2.10. The molecule has 0 rings (SSSR count). The van der Waals surface area contributed by atoms with Gasteiger partial charge in [0.1, 0.15) is 0 Å². The number of thioether (sulfide) groups is 1. The van der Waals surface area contributed by atoms with Crippen molar-refractivity contribution < 1.29 is 4.79 Å². The Kier molecular flexibility index (Phi) is 8.91. The molecule has 0 spiro atoms. The fraction of sp³-hybridized carbons (Fsp3) is 0.909. The summed E-state index contributed by atoms with van der Waals surface area (Å²) in [7, 11) is 1.88. The summed E-state index contributed by atoms with van der Waals surface area (Å²) >= 11 is 1.77. The van der Waals surface area contributed by atoms with Crippen LogP contribution in [-0.2, 0) is 4.79 Å². The summed E-state index contributed by atoms with van der Waals surface area (Å²) in [4.78, 5) is 13.5. The van der Waals surface area contributed by atoms with Crippen molar-refractivity contribution in [1.29, 1.82) is 0 Å². The van der Waals surface area contributed by atoms with E-state index < -0.39 is 0 Å². The molecule has 4 heteroatoms. The highest BCUT2D eigenvalue weighted by Gasteiger charge is 2.10. The Labute approximate surface area is 97.8 Å². The highest BCUT2D eigenvalue weighted by molar-refractivity contribution is 7.98. The van der Waals surface area contributed by atoms with Crippen molar-refractivity contribution in [3.05, 3.63) is 0 Å². The summed E-state index contributed by atoms with van der Waals surface area (Å²) in [5, 5.41) is 0. The van der Waals surface area contributed by atoms with Crippen molar-refractivity contribution in [2.45, 2.75) is 26.2 Å². The third-order valence-electron chi connectivity index (χ3n) is 2.57. The Morgan fingerprint density at radius 1 is 1.47 bits per heavy atom. The van der Waals surface area contributed by atoms with Gasteiger partial charge in [0.25, 0.3) is 0 Å². The lowest BCUT2D eigenvalue weighted by Gasteiger charge is -2.17. The highest BCUT2D eigenvalue weighted by atomic mass is 32.2. The van der Waals surface area contributed by atoms with Gasteiger partial charge in [-0.3, -0.25) is 4.79 Å². The van der Waals surface area contributed by atoms with Crippen LogP contribution >= 0.6 is 11.8 Å². The van der Waals surface area contributed by atoms with Gasteiger partial charge in [0.15, 0.2) is 0 Å². The average molecular weight is 232 g/mol. The van der Waals surface area contributed by atoms with E-state index in [0.29, 0.717) is 12.3 Å². The van der Waals surface area contributed by atoms with Crippen LogP contribution in [0.2, 0.25) is 0 Å². The molecule has 0 radical (unpaired) electrons. The van der Waals surface area contributed by atoms with E-state index in [2.05, 4.69) is 13.2 Å². The van der Waals surface area contributed by atoms with E-state index in [1.54, 1.807) is 11.8 Å². The smallest absolute Gasteiger partial charge is 0.222 e. The van der Waals surface area contributed by atoms with Crippen LogP contribution in [0.4, 0.5) is 0 Å². The second-order valence-electron chi connectivity index (χ2n) is 4.03. The Hall–Kier alpha value is -0.220. The number of hydrogen-bond acceptors (Lipinski definition) is 3. The molecule has 1 atom stereocenters. The van der Waals surface area contributed by atoms with Gasteiger partial charge in [0.2, 0.25) is 5.91 Å². The summed E-state index contributed by atoms with van der Waals surface area (Å²) in [6.07, 6.45) is 4.69. The van der Waals surface area contributed by atoms with E-state index in [4.69, 9.17) is 5.73 Å². The zero-order chi connectivity index (χ0) is 11.7. The predicted molar refractivity (Wildman–Crippen MR) is 68.1 cm³/mol. The molecule has 1 unspecified atom stereocenters. The number of amides is 1. The molecule has 0 aliphatic carbocycles. The maximum absolute atomic E-state index is 11.6. The van der Waals surface area contributed by atoms with E-state index in [0.717, 1.165) is 31.7 Å². The van der Waals surface area contributed by atoms with E-state index in [9.17, 15) is 4.79 Å². The first kappa shape index (κ1) is 14.8. The van der Waals surface area contributed by atoms with Crippen molar-refractivity contribution in [2.24, 2.45) is 11.7 Å². The number of carbonyl (C=O) groups is 1. The molecule has 0 aliphatic rings. The topological polar surface area (TPSA) is 46.3 Å². The molecule has 0 aliphatic heterocycles. The number of hydrogen-bond donors (Lipinski definition) is 1. The Balaban J connectivity index is 3.63. The van der Waals surface area contributed by atoms with Crippen molar-refractivity contribution in [3.63, 3.8) is 0 Å². The fourth-order valence-corrected chi connectivity index (χ4v) is 1.80. The quantitative estimate of drug-likeness (QED) is 0.691. The van der Waals surface area contributed by atoms with Gasteiger partial charge in [-0.15, -0.1) is 0 Å². The van der Waals surface area contributed by atoms with E-state index in [-0.39, 0.29) is 5.91 Å². The maximum Gasteiger partial charge on any atom is 0.222 e. The summed E-state index contributed by atoms with van der Waals surface area (Å²) in [5.74, 6) is 1.83. The van der Waals surface area contributed by atoms with E-state index in [1.807, 2.05) is 11.9 Å². The molecule has 0 saturated carbocycles. The maximum atomic E-state index is 11.6. The first-order valence-corrected chi connectivity index (χ1v) is 6.94.